The zero-order valence-corrected chi connectivity index (χ0v) is 16.5. The molecular formula is C19H26N6OS. The van der Waals surface area contributed by atoms with Crippen molar-refractivity contribution in [3.63, 3.8) is 0 Å². The third-order valence-corrected chi connectivity index (χ3v) is 6.47. The number of nitrogens with one attached hydrogen (secondary N) is 1. The molecule has 2 aliphatic heterocycles. The van der Waals surface area contributed by atoms with Gasteiger partial charge in [0, 0.05) is 57.1 Å². The second kappa shape index (κ2) is 7.88. The molecule has 1 amide bonds. The molecule has 0 saturated carbocycles. The summed E-state index contributed by atoms with van der Waals surface area (Å²) in [6, 6.07) is 2.00. The smallest absolute Gasteiger partial charge is 0.222 e. The van der Waals surface area contributed by atoms with E-state index in [2.05, 4.69) is 29.7 Å². The predicted molar refractivity (Wildman–Crippen MR) is 106 cm³/mol. The average molecular weight is 387 g/mol. The third kappa shape index (κ3) is 4.10. The van der Waals surface area contributed by atoms with Crippen molar-refractivity contribution in [2.45, 2.75) is 37.3 Å². The summed E-state index contributed by atoms with van der Waals surface area (Å²) in [5, 5.41) is 0.820. The molecule has 1 N–H and O–H groups in total. The number of rotatable bonds is 5. The molecule has 27 heavy (non-hydrogen) atoms. The van der Waals surface area contributed by atoms with E-state index >= 15 is 0 Å². The number of nitrogens with zero attached hydrogens (tertiary/aromatic N) is 5. The molecule has 1 spiro atoms. The van der Waals surface area contributed by atoms with Crippen LogP contribution in [0.15, 0.2) is 29.9 Å². The largest absolute Gasteiger partial charge is 0.356 e. The number of carbonyl (C=O) groups excluding carboxylic acids is 1. The van der Waals surface area contributed by atoms with Crippen LogP contribution in [0.1, 0.15) is 31.4 Å². The lowest BCUT2D eigenvalue weighted by Crippen LogP contribution is -2.52. The third-order valence-electron chi connectivity index (χ3n) is 5.90. The minimum Gasteiger partial charge on any atom is -0.356 e. The number of hydrogen-bond acceptors (Lipinski definition) is 6. The van der Waals surface area contributed by atoms with Crippen LogP contribution in [0.3, 0.4) is 0 Å². The molecule has 0 unspecified atom stereocenters. The van der Waals surface area contributed by atoms with Gasteiger partial charge in [0.2, 0.25) is 5.91 Å². The Morgan fingerprint density at radius 1 is 1.30 bits per heavy atom. The van der Waals surface area contributed by atoms with E-state index < -0.39 is 0 Å². The Labute approximate surface area is 164 Å². The second-order valence-corrected chi connectivity index (χ2v) is 8.30. The summed E-state index contributed by atoms with van der Waals surface area (Å²) in [5.41, 5.74) is 1.35. The van der Waals surface area contributed by atoms with E-state index in [1.54, 1.807) is 18.1 Å². The first-order valence-corrected chi connectivity index (χ1v) is 10.8. The first-order valence-electron chi connectivity index (χ1n) is 9.54. The highest BCUT2D eigenvalue weighted by molar-refractivity contribution is 7.98. The highest BCUT2D eigenvalue weighted by atomic mass is 32.2. The predicted octanol–water partition coefficient (Wildman–Crippen LogP) is 2.37. The minimum absolute atomic E-state index is 0.258. The van der Waals surface area contributed by atoms with Crippen LogP contribution >= 0.6 is 11.8 Å². The molecule has 4 heterocycles. The lowest BCUT2D eigenvalue weighted by atomic mass is 9.72. The monoisotopic (exact) mass is 386 g/mol. The Morgan fingerprint density at radius 2 is 2.15 bits per heavy atom. The van der Waals surface area contributed by atoms with Crippen molar-refractivity contribution in [1.29, 1.82) is 0 Å². The van der Waals surface area contributed by atoms with E-state index in [9.17, 15) is 4.79 Å². The van der Waals surface area contributed by atoms with Crippen molar-refractivity contribution in [1.82, 2.24) is 24.8 Å². The van der Waals surface area contributed by atoms with E-state index in [1.165, 1.54) is 0 Å². The zero-order valence-electron chi connectivity index (χ0n) is 15.7. The Kier molecular flexibility index (Phi) is 5.33. The van der Waals surface area contributed by atoms with Gasteiger partial charge in [-0.25, -0.2) is 15.0 Å². The fraction of sp³-hybridized carbons (Fsp3) is 0.579. The molecule has 0 bridgehead atoms. The molecule has 2 aromatic rings. The van der Waals surface area contributed by atoms with Crippen LogP contribution in [0.25, 0.3) is 0 Å². The molecular weight excluding hydrogens is 360 g/mol. The van der Waals surface area contributed by atoms with E-state index in [1.807, 2.05) is 24.7 Å². The number of imidazole rings is 1. The fourth-order valence-corrected chi connectivity index (χ4v) is 4.56. The van der Waals surface area contributed by atoms with E-state index in [0.717, 1.165) is 68.5 Å². The zero-order chi connectivity index (χ0) is 18.7. The van der Waals surface area contributed by atoms with E-state index in [0.29, 0.717) is 12.3 Å². The number of likely N-dealkylation sites (tertiary alicyclic amines) is 1. The maximum atomic E-state index is 12.4. The molecule has 7 nitrogen and oxygen atoms in total. The van der Waals surface area contributed by atoms with Crippen LogP contribution < -0.4 is 4.90 Å². The molecule has 2 saturated heterocycles. The van der Waals surface area contributed by atoms with Crippen LogP contribution in [0.2, 0.25) is 0 Å². The summed E-state index contributed by atoms with van der Waals surface area (Å²) in [4.78, 5) is 32.9. The number of anilines is 1. The highest BCUT2D eigenvalue weighted by Gasteiger charge is 2.41. The molecule has 8 heteroatoms. The SMILES string of the molecule is CSc1nccc(N2CCC3(CCC(=O)N(CCc4cnc[nH]4)C3)CC2)n1. The number of thioether (sulfide) groups is 1. The number of hydrogen-bond donors (Lipinski definition) is 1. The van der Waals surface area contributed by atoms with Crippen LogP contribution in [-0.4, -0.2) is 63.2 Å². The molecule has 2 aromatic heterocycles. The van der Waals surface area contributed by atoms with E-state index in [-0.39, 0.29) is 5.41 Å². The van der Waals surface area contributed by atoms with Crippen LogP contribution in [0, 0.1) is 5.41 Å². The second-order valence-electron chi connectivity index (χ2n) is 7.53. The first-order chi connectivity index (χ1) is 13.2. The van der Waals surface area contributed by atoms with Gasteiger partial charge in [-0.15, -0.1) is 0 Å². The molecule has 0 atom stereocenters. The minimum atomic E-state index is 0.258. The molecule has 0 radical (unpaired) electrons. The average Bonchev–Trinajstić information content (AvgIpc) is 3.23. The van der Waals surface area contributed by atoms with Gasteiger partial charge in [0.1, 0.15) is 5.82 Å². The van der Waals surface area contributed by atoms with Gasteiger partial charge in [-0.3, -0.25) is 4.79 Å². The molecule has 2 fully saturated rings. The summed E-state index contributed by atoms with van der Waals surface area (Å²) in [7, 11) is 0. The molecule has 0 aromatic carbocycles. The number of amides is 1. The summed E-state index contributed by atoms with van der Waals surface area (Å²) < 4.78 is 0. The van der Waals surface area contributed by atoms with Gasteiger partial charge in [-0.05, 0) is 37.0 Å². The maximum absolute atomic E-state index is 12.4. The fourth-order valence-electron chi connectivity index (χ4n) is 4.21. The van der Waals surface area contributed by atoms with Crippen LogP contribution in [0.4, 0.5) is 5.82 Å². The Bertz CT molecular complexity index is 772. The number of H-pyrrole nitrogens is 1. The lowest BCUT2D eigenvalue weighted by Gasteiger charge is -2.47. The topological polar surface area (TPSA) is 78.0 Å². The van der Waals surface area contributed by atoms with Crippen molar-refractivity contribution in [3.8, 4) is 0 Å². The molecule has 0 aliphatic carbocycles. The Hall–Kier alpha value is -2.09. The number of aromatic nitrogens is 4. The number of carbonyl (C=O) groups is 1. The summed E-state index contributed by atoms with van der Waals surface area (Å²) in [6.45, 7) is 3.64. The van der Waals surface area contributed by atoms with Gasteiger partial charge in [-0.1, -0.05) is 11.8 Å². The molecule has 4 rings (SSSR count). The van der Waals surface area contributed by atoms with Crippen molar-refractivity contribution in [3.05, 3.63) is 30.5 Å². The molecule has 144 valence electrons. The standard InChI is InChI=1S/C19H26N6OS/c1-27-18-21-8-3-16(23-18)24-10-6-19(7-11-24)5-2-17(26)25(13-19)9-4-15-12-20-14-22-15/h3,8,12,14H,2,4-7,9-11,13H2,1H3,(H,20,22). The Balaban J connectivity index is 1.37. The Morgan fingerprint density at radius 3 is 2.89 bits per heavy atom. The lowest BCUT2D eigenvalue weighted by molar-refractivity contribution is -0.138. The van der Waals surface area contributed by atoms with Crippen molar-refractivity contribution in [2.75, 3.05) is 37.3 Å². The summed E-state index contributed by atoms with van der Waals surface area (Å²) in [6.07, 6.45) is 12.1. The van der Waals surface area contributed by atoms with Gasteiger partial charge < -0.3 is 14.8 Å². The van der Waals surface area contributed by atoms with Crippen molar-refractivity contribution >= 4 is 23.5 Å². The first kappa shape index (κ1) is 18.3. The quantitative estimate of drug-likeness (QED) is 0.628. The highest BCUT2D eigenvalue weighted by Crippen LogP contribution is 2.41. The van der Waals surface area contributed by atoms with Crippen LogP contribution in [-0.2, 0) is 11.2 Å². The van der Waals surface area contributed by atoms with Crippen LogP contribution in [0.5, 0.6) is 0 Å². The molecule has 2 aliphatic rings. The van der Waals surface area contributed by atoms with Gasteiger partial charge >= 0.3 is 0 Å². The maximum Gasteiger partial charge on any atom is 0.222 e. The van der Waals surface area contributed by atoms with Crippen molar-refractivity contribution in [2.24, 2.45) is 5.41 Å². The van der Waals surface area contributed by atoms with Gasteiger partial charge in [0.15, 0.2) is 5.16 Å². The van der Waals surface area contributed by atoms with Gasteiger partial charge in [-0.2, -0.15) is 0 Å². The number of piperidine rings is 2. The normalized spacial score (nSPS) is 19.7. The van der Waals surface area contributed by atoms with E-state index in [4.69, 9.17) is 0 Å². The van der Waals surface area contributed by atoms with Gasteiger partial charge in [0.05, 0.1) is 6.33 Å². The number of aromatic amines is 1. The summed E-state index contributed by atoms with van der Waals surface area (Å²) in [5.74, 6) is 1.31. The van der Waals surface area contributed by atoms with Gasteiger partial charge in [0.25, 0.3) is 0 Å². The van der Waals surface area contributed by atoms with Crippen molar-refractivity contribution < 1.29 is 4.79 Å². The summed E-state index contributed by atoms with van der Waals surface area (Å²) >= 11 is 1.57.